The van der Waals surface area contributed by atoms with Crippen LogP contribution in [0.15, 0.2) is 48.5 Å². The Morgan fingerprint density at radius 3 is 2.26 bits per heavy atom. The van der Waals surface area contributed by atoms with Crippen molar-refractivity contribution < 1.29 is 27.9 Å². The minimum Gasteiger partial charge on any atom is -0.378 e. The van der Waals surface area contributed by atoms with Crippen molar-refractivity contribution in [3.63, 3.8) is 0 Å². The Kier molecular flexibility index (Phi) is 8.07. The highest BCUT2D eigenvalue weighted by molar-refractivity contribution is 5.97. The van der Waals surface area contributed by atoms with Crippen LogP contribution in [0, 0.1) is 11.6 Å². The second-order valence-corrected chi connectivity index (χ2v) is 8.93. The second-order valence-electron chi connectivity index (χ2n) is 8.93. The molecule has 2 N–H and O–H groups in total. The molecule has 1 saturated carbocycles. The SMILES string of the molecule is O=C(CCCC(NC(=O)c1ccc(F)cc1)C(=O)N1CCOCC1)N[C@@H]1C[C@H]1c1ccc(F)cc1. The zero-order valence-electron chi connectivity index (χ0n) is 19.3. The number of ether oxygens (including phenoxy) is 1. The highest BCUT2D eigenvalue weighted by Gasteiger charge is 2.39. The fourth-order valence-electron chi connectivity index (χ4n) is 4.28. The van der Waals surface area contributed by atoms with Crippen LogP contribution in [-0.4, -0.2) is 61.0 Å². The van der Waals surface area contributed by atoms with Crippen LogP contribution in [0.5, 0.6) is 0 Å². The summed E-state index contributed by atoms with van der Waals surface area (Å²) in [5.74, 6) is -1.37. The van der Waals surface area contributed by atoms with Crippen molar-refractivity contribution in [1.82, 2.24) is 15.5 Å². The number of benzene rings is 2. The summed E-state index contributed by atoms with van der Waals surface area (Å²) < 4.78 is 31.6. The summed E-state index contributed by atoms with van der Waals surface area (Å²) in [6.07, 6.45) is 1.72. The molecule has 2 aromatic carbocycles. The van der Waals surface area contributed by atoms with Crippen LogP contribution in [0.3, 0.4) is 0 Å². The zero-order valence-corrected chi connectivity index (χ0v) is 19.3. The number of carbonyl (C=O) groups excluding carboxylic acids is 3. The number of amides is 3. The molecule has 2 aromatic rings. The standard InChI is InChI=1S/C26H29F2N3O4/c27-19-8-4-17(5-9-19)21-16-23(21)29-24(32)3-1-2-22(26(34)31-12-14-35-15-13-31)30-25(33)18-6-10-20(28)11-7-18/h4-11,21-23H,1-3,12-16H2,(H,29,32)(H,30,33)/t21-,22?,23+/m0/s1. The quantitative estimate of drug-likeness (QED) is 0.572. The van der Waals surface area contributed by atoms with Crippen LogP contribution < -0.4 is 10.6 Å². The van der Waals surface area contributed by atoms with Gasteiger partial charge in [0.2, 0.25) is 11.8 Å². The molecular formula is C26H29F2N3O4. The number of morpholine rings is 1. The number of hydrogen-bond donors (Lipinski definition) is 2. The molecule has 1 saturated heterocycles. The number of nitrogens with one attached hydrogen (secondary N) is 2. The Morgan fingerprint density at radius 2 is 1.60 bits per heavy atom. The molecule has 186 valence electrons. The fraction of sp³-hybridized carbons (Fsp3) is 0.423. The summed E-state index contributed by atoms with van der Waals surface area (Å²) in [7, 11) is 0. The van der Waals surface area contributed by atoms with Gasteiger partial charge in [0.1, 0.15) is 17.7 Å². The summed E-state index contributed by atoms with van der Waals surface area (Å²) in [5.41, 5.74) is 1.25. The third kappa shape index (κ3) is 6.85. The summed E-state index contributed by atoms with van der Waals surface area (Å²) in [6, 6.07) is 10.6. The van der Waals surface area contributed by atoms with E-state index in [1.807, 2.05) is 0 Å². The average Bonchev–Trinajstić information content (AvgIpc) is 3.63. The van der Waals surface area contributed by atoms with Gasteiger partial charge in [-0.1, -0.05) is 12.1 Å². The molecule has 1 aliphatic heterocycles. The zero-order chi connectivity index (χ0) is 24.8. The first kappa shape index (κ1) is 24.8. The second kappa shape index (κ2) is 11.4. The number of hydrogen-bond acceptors (Lipinski definition) is 4. The Balaban J connectivity index is 1.29. The van der Waals surface area contributed by atoms with E-state index in [1.165, 1.54) is 36.4 Å². The van der Waals surface area contributed by atoms with Gasteiger partial charge in [0.15, 0.2) is 0 Å². The number of halogens is 2. The van der Waals surface area contributed by atoms with E-state index < -0.39 is 17.8 Å². The highest BCUT2D eigenvalue weighted by Crippen LogP contribution is 2.40. The average molecular weight is 486 g/mol. The van der Waals surface area contributed by atoms with Gasteiger partial charge in [0.25, 0.3) is 5.91 Å². The van der Waals surface area contributed by atoms with Gasteiger partial charge in [-0.15, -0.1) is 0 Å². The molecule has 7 nitrogen and oxygen atoms in total. The minimum absolute atomic E-state index is 0.0249. The van der Waals surface area contributed by atoms with Crippen molar-refractivity contribution >= 4 is 17.7 Å². The predicted octanol–water partition coefficient (Wildman–Crippen LogP) is 2.76. The third-order valence-corrected chi connectivity index (χ3v) is 6.36. The van der Waals surface area contributed by atoms with Gasteiger partial charge >= 0.3 is 0 Å². The monoisotopic (exact) mass is 485 g/mol. The van der Waals surface area contributed by atoms with Crippen LogP contribution in [0.2, 0.25) is 0 Å². The first-order valence-electron chi connectivity index (χ1n) is 11.9. The Hall–Kier alpha value is -3.33. The van der Waals surface area contributed by atoms with E-state index in [1.54, 1.807) is 17.0 Å². The molecule has 0 bridgehead atoms. The molecule has 2 aliphatic rings. The van der Waals surface area contributed by atoms with Crippen molar-refractivity contribution in [2.24, 2.45) is 0 Å². The van der Waals surface area contributed by atoms with E-state index in [-0.39, 0.29) is 41.6 Å². The van der Waals surface area contributed by atoms with Gasteiger partial charge in [0, 0.05) is 37.0 Å². The minimum atomic E-state index is -0.800. The lowest BCUT2D eigenvalue weighted by molar-refractivity contribution is -0.137. The molecule has 9 heteroatoms. The molecule has 0 radical (unpaired) electrons. The third-order valence-electron chi connectivity index (χ3n) is 6.36. The molecule has 2 fully saturated rings. The van der Waals surface area contributed by atoms with Crippen molar-refractivity contribution in [3.8, 4) is 0 Å². The summed E-state index contributed by atoms with van der Waals surface area (Å²) in [4.78, 5) is 39.8. The van der Waals surface area contributed by atoms with Gasteiger partial charge in [-0.2, -0.15) is 0 Å². The molecule has 3 amide bonds. The lowest BCUT2D eigenvalue weighted by Gasteiger charge is -2.30. The van der Waals surface area contributed by atoms with Gasteiger partial charge in [-0.05, 0) is 61.2 Å². The van der Waals surface area contributed by atoms with Crippen molar-refractivity contribution in [2.45, 2.75) is 43.7 Å². The highest BCUT2D eigenvalue weighted by atomic mass is 19.1. The molecule has 1 aliphatic carbocycles. The van der Waals surface area contributed by atoms with Crippen LogP contribution >= 0.6 is 0 Å². The molecule has 4 rings (SSSR count). The predicted molar refractivity (Wildman–Crippen MR) is 125 cm³/mol. The maximum atomic E-state index is 13.2. The Bertz CT molecular complexity index is 1040. The maximum Gasteiger partial charge on any atom is 0.251 e. The number of nitrogens with zero attached hydrogens (tertiary/aromatic N) is 1. The van der Waals surface area contributed by atoms with E-state index in [9.17, 15) is 23.2 Å². The first-order chi connectivity index (χ1) is 16.9. The topological polar surface area (TPSA) is 87.7 Å². The van der Waals surface area contributed by atoms with E-state index in [2.05, 4.69) is 10.6 Å². The van der Waals surface area contributed by atoms with Crippen LogP contribution in [-0.2, 0) is 14.3 Å². The molecule has 35 heavy (non-hydrogen) atoms. The van der Waals surface area contributed by atoms with Crippen molar-refractivity contribution in [3.05, 3.63) is 71.3 Å². The normalized spacial score (nSPS) is 20.1. The smallest absolute Gasteiger partial charge is 0.251 e. The molecule has 0 aromatic heterocycles. The maximum absolute atomic E-state index is 13.2. The summed E-state index contributed by atoms with van der Waals surface area (Å²) >= 11 is 0. The molecular weight excluding hydrogens is 456 g/mol. The summed E-state index contributed by atoms with van der Waals surface area (Å²) in [6.45, 7) is 1.75. The van der Waals surface area contributed by atoms with Gasteiger partial charge < -0.3 is 20.3 Å². The van der Waals surface area contributed by atoms with Gasteiger partial charge in [0.05, 0.1) is 13.2 Å². The Morgan fingerprint density at radius 1 is 0.971 bits per heavy atom. The van der Waals surface area contributed by atoms with Gasteiger partial charge in [-0.3, -0.25) is 14.4 Å². The number of carbonyl (C=O) groups is 3. The van der Waals surface area contributed by atoms with E-state index in [0.717, 1.165) is 12.0 Å². The Labute approximate surface area is 202 Å². The van der Waals surface area contributed by atoms with E-state index in [4.69, 9.17) is 4.74 Å². The van der Waals surface area contributed by atoms with Crippen LogP contribution in [0.4, 0.5) is 8.78 Å². The lowest BCUT2D eigenvalue weighted by Crippen LogP contribution is -2.51. The fourth-order valence-corrected chi connectivity index (χ4v) is 4.28. The van der Waals surface area contributed by atoms with E-state index >= 15 is 0 Å². The molecule has 0 spiro atoms. The molecule has 1 unspecified atom stereocenters. The lowest BCUT2D eigenvalue weighted by atomic mass is 10.1. The largest absolute Gasteiger partial charge is 0.378 e. The first-order valence-corrected chi connectivity index (χ1v) is 11.9. The summed E-state index contributed by atoms with van der Waals surface area (Å²) in [5, 5.41) is 5.74. The van der Waals surface area contributed by atoms with Crippen molar-refractivity contribution in [2.75, 3.05) is 26.3 Å². The van der Waals surface area contributed by atoms with Crippen LogP contribution in [0.25, 0.3) is 0 Å². The number of rotatable bonds is 9. The van der Waals surface area contributed by atoms with Crippen LogP contribution in [0.1, 0.15) is 47.5 Å². The molecule has 3 atom stereocenters. The van der Waals surface area contributed by atoms with E-state index in [0.29, 0.717) is 39.1 Å². The molecule has 1 heterocycles. The van der Waals surface area contributed by atoms with Crippen molar-refractivity contribution in [1.29, 1.82) is 0 Å². The van der Waals surface area contributed by atoms with Gasteiger partial charge in [-0.25, -0.2) is 8.78 Å².